The molecule has 0 aromatic heterocycles. The number of nitrogens with zero attached hydrogens (tertiary/aromatic N) is 2. The van der Waals surface area contributed by atoms with Gasteiger partial charge < -0.3 is 4.84 Å². The third-order valence-corrected chi connectivity index (χ3v) is 2.15. The fourth-order valence-electron chi connectivity index (χ4n) is 1.44. The number of rotatable bonds is 1. The molecule has 1 atom stereocenters. The summed E-state index contributed by atoms with van der Waals surface area (Å²) in [7, 11) is 1.42. The van der Waals surface area contributed by atoms with Crippen LogP contribution >= 0.6 is 0 Å². The summed E-state index contributed by atoms with van der Waals surface area (Å²) in [6.07, 6.45) is -5.28. The normalized spacial score (nSPS) is 21.8. The van der Waals surface area contributed by atoms with Crippen LogP contribution < -0.4 is 0 Å². The Morgan fingerprint density at radius 1 is 1.25 bits per heavy atom. The van der Waals surface area contributed by atoms with Crippen molar-refractivity contribution in [3.63, 3.8) is 0 Å². The molecule has 1 unspecified atom stereocenters. The molecule has 0 radical (unpaired) electrons. The Bertz CT molecular complexity index is 402. The van der Waals surface area contributed by atoms with E-state index in [9.17, 15) is 13.2 Å². The van der Waals surface area contributed by atoms with E-state index in [1.54, 1.807) is 30.3 Å². The Balaban J connectivity index is 2.28. The monoisotopic (exact) mass is 230 g/mol. The highest BCUT2D eigenvalue weighted by molar-refractivity contribution is 5.82. The zero-order chi connectivity index (χ0) is 11.8. The first-order chi connectivity index (χ1) is 7.48. The molecule has 3 nitrogen and oxygen atoms in total. The molecule has 6 heteroatoms. The summed E-state index contributed by atoms with van der Waals surface area (Å²) in [5, 5.41) is 1.08. The van der Waals surface area contributed by atoms with Gasteiger partial charge in [-0.2, -0.15) is 13.2 Å². The summed E-state index contributed by atoms with van der Waals surface area (Å²) in [5.74, 6) is -1.20. The number of halogens is 3. The number of aliphatic imine (C=N–C) groups is 1. The fourth-order valence-corrected chi connectivity index (χ4v) is 1.44. The predicted molar refractivity (Wildman–Crippen MR) is 51.5 cm³/mol. The predicted octanol–water partition coefficient (Wildman–Crippen LogP) is 2.52. The Labute approximate surface area is 90.1 Å². The van der Waals surface area contributed by atoms with E-state index in [0.717, 1.165) is 5.06 Å². The minimum atomic E-state index is -4.54. The van der Waals surface area contributed by atoms with E-state index in [1.807, 2.05) is 0 Å². The Morgan fingerprint density at radius 2 is 1.88 bits per heavy atom. The van der Waals surface area contributed by atoms with Crippen molar-refractivity contribution in [1.29, 1.82) is 0 Å². The maximum atomic E-state index is 12.3. The molecule has 0 N–H and O–H groups in total. The van der Waals surface area contributed by atoms with Crippen LogP contribution in [0.3, 0.4) is 0 Å². The molecular formula is C10H9F3N2O. The molecule has 1 heterocycles. The largest absolute Gasteiger partial charge is 0.470 e. The SMILES string of the molecule is CN1OC(C(F)(F)F)=NC1c1ccccc1. The number of hydroxylamine groups is 2. The Kier molecular flexibility index (Phi) is 2.59. The van der Waals surface area contributed by atoms with Gasteiger partial charge in [-0.05, 0) is 5.56 Å². The number of benzene rings is 1. The molecule has 1 aliphatic heterocycles. The molecule has 0 saturated heterocycles. The first kappa shape index (κ1) is 10.9. The van der Waals surface area contributed by atoms with Crippen LogP contribution in [0, 0.1) is 0 Å². The first-order valence-electron chi connectivity index (χ1n) is 4.59. The van der Waals surface area contributed by atoms with Gasteiger partial charge in [-0.1, -0.05) is 30.3 Å². The van der Waals surface area contributed by atoms with Crippen molar-refractivity contribution in [3.8, 4) is 0 Å². The summed E-state index contributed by atoms with van der Waals surface area (Å²) < 4.78 is 37.0. The van der Waals surface area contributed by atoms with Crippen LogP contribution in [0.5, 0.6) is 0 Å². The molecule has 0 bridgehead atoms. The average molecular weight is 230 g/mol. The van der Waals surface area contributed by atoms with Gasteiger partial charge in [0.1, 0.15) is 0 Å². The third kappa shape index (κ3) is 2.01. The van der Waals surface area contributed by atoms with Gasteiger partial charge in [0.2, 0.25) is 0 Å². The fraction of sp³-hybridized carbons (Fsp3) is 0.300. The van der Waals surface area contributed by atoms with Crippen molar-refractivity contribution >= 4 is 5.90 Å². The van der Waals surface area contributed by atoms with Gasteiger partial charge in [0.25, 0.3) is 0 Å². The van der Waals surface area contributed by atoms with Gasteiger partial charge in [0.05, 0.1) is 0 Å². The van der Waals surface area contributed by atoms with Crippen molar-refractivity contribution in [2.24, 2.45) is 4.99 Å². The van der Waals surface area contributed by atoms with Gasteiger partial charge in [0.15, 0.2) is 6.17 Å². The molecule has 0 aliphatic carbocycles. The summed E-state index contributed by atoms with van der Waals surface area (Å²) >= 11 is 0. The quantitative estimate of drug-likeness (QED) is 0.740. The molecule has 1 aromatic rings. The lowest BCUT2D eigenvalue weighted by Gasteiger charge is -2.16. The van der Waals surface area contributed by atoms with E-state index in [1.165, 1.54) is 7.05 Å². The molecular weight excluding hydrogens is 221 g/mol. The summed E-state index contributed by atoms with van der Waals surface area (Å²) in [4.78, 5) is 8.06. The third-order valence-electron chi connectivity index (χ3n) is 2.15. The summed E-state index contributed by atoms with van der Waals surface area (Å²) in [6.45, 7) is 0. The highest BCUT2D eigenvalue weighted by atomic mass is 19.4. The van der Waals surface area contributed by atoms with Crippen LogP contribution in [-0.2, 0) is 4.84 Å². The molecule has 0 spiro atoms. The molecule has 86 valence electrons. The molecule has 0 saturated carbocycles. The first-order valence-corrected chi connectivity index (χ1v) is 4.59. The Hall–Kier alpha value is -1.56. The van der Waals surface area contributed by atoms with Crippen molar-refractivity contribution in [2.45, 2.75) is 12.3 Å². The van der Waals surface area contributed by atoms with Gasteiger partial charge in [-0.15, -0.1) is 5.06 Å². The topological polar surface area (TPSA) is 24.8 Å². The van der Waals surface area contributed by atoms with Crippen LogP contribution in [0.1, 0.15) is 11.7 Å². The highest BCUT2D eigenvalue weighted by Crippen LogP contribution is 2.31. The zero-order valence-corrected chi connectivity index (χ0v) is 8.40. The molecule has 2 rings (SSSR count). The van der Waals surface area contributed by atoms with Gasteiger partial charge in [-0.25, -0.2) is 4.99 Å². The van der Waals surface area contributed by atoms with Crippen molar-refractivity contribution in [2.75, 3.05) is 7.05 Å². The smallest absolute Gasteiger partial charge is 0.378 e. The van der Waals surface area contributed by atoms with E-state index in [2.05, 4.69) is 9.83 Å². The second-order valence-electron chi connectivity index (χ2n) is 3.35. The standard InChI is InChI=1S/C10H9F3N2O/c1-15-8(7-5-3-2-4-6-7)14-9(16-15)10(11,12)13/h2-6,8H,1H3. The molecule has 1 aromatic carbocycles. The number of hydrogen-bond donors (Lipinski definition) is 0. The second-order valence-corrected chi connectivity index (χ2v) is 3.35. The van der Waals surface area contributed by atoms with Gasteiger partial charge in [-0.3, -0.25) is 0 Å². The minimum absolute atomic E-state index is 0.657. The molecule has 1 aliphatic rings. The summed E-state index contributed by atoms with van der Waals surface area (Å²) in [6, 6.07) is 8.67. The molecule has 16 heavy (non-hydrogen) atoms. The maximum Gasteiger partial charge on any atom is 0.470 e. The van der Waals surface area contributed by atoms with Crippen molar-refractivity contribution < 1.29 is 18.0 Å². The average Bonchev–Trinajstić information content (AvgIpc) is 2.61. The van der Waals surface area contributed by atoms with E-state index in [4.69, 9.17) is 0 Å². The highest BCUT2D eigenvalue weighted by Gasteiger charge is 2.44. The number of hydrogen-bond acceptors (Lipinski definition) is 3. The van der Waals surface area contributed by atoms with E-state index < -0.39 is 18.2 Å². The van der Waals surface area contributed by atoms with Crippen LogP contribution in [0.25, 0.3) is 0 Å². The van der Waals surface area contributed by atoms with E-state index in [0.29, 0.717) is 5.56 Å². The van der Waals surface area contributed by atoms with E-state index in [-0.39, 0.29) is 0 Å². The van der Waals surface area contributed by atoms with E-state index >= 15 is 0 Å². The summed E-state index contributed by atoms with van der Waals surface area (Å²) in [5.41, 5.74) is 0.657. The van der Waals surface area contributed by atoms with Gasteiger partial charge in [0, 0.05) is 7.05 Å². The maximum absolute atomic E-state index is 12.3. The lowest BCUT2D eigenvalue weighted by Crippen LogP contribution is -2.26. The zero-order valence-electron chi connectivity index (χ0n) is 8.40. The van der Waals surface area contributed by atoms with Crippen LogP contribution in [-0.4, -0.2) is 24.2 Å². The van der Waals surface area contributed by atoms with Gasteiger partial charge >= 0.3 is 12.1 Å². The molecule has 0 fully saturated rings. The molecule has 0 amide bonds. The lowest BCUT2D eigenvalue weighted by atomic mass is 10.2. The second kappa shape index (κ2) is 3.79. The van der Waals surface area contributed by atoms with Crippen LogP contribution in [0.15, 0.2) is 35.3 Å². The minimum Gasteiger partial charge on any atom is -0.378 e. The van der Waals surface area contributed by atoms with Crippen LogP contribution in [0.2, 0.25) is 0 Å². The lowest BCUT2D eigenvalue weighted by molar-refractivity contribution is -0.122. The number of alkyl halides is 3. The Morgan fingerprint density at radius 3 is 2.38 bits per heavy atom. The van der Waals surface area contributed by atoms with Crippen molar-refractivity contribution in [3.05, 3.63) is 35.9 Å². The van der Waals surface area contributed by atoms with Crippen molar-refractivity contribution in [1.82, 2.24) is 5.06 Å². The van der Waals surface area contributed by atoms with Crippen LogP contribution in [0.4, 0.5) is 13.2 Å².